The van der Waals surface area contributed by atoms with Gasteiger partial charge in [0.1, 0.15) is 26.3 Å². The first-order chi connectivity index (χ1) is 18.2. The normalized spacial score (nSPS) is 14.9. The molecule has 0 bridgehead atoms. The fraction of sp³-hybridized carbons (Fsp3) is 0.435. The molecule has 1 aromatic carbocycles. The number of alkyl halides is 3. The van der Waals surface area contributed by atoms with Crippen LogP contribution in [0.2, 0.25) is 0 Å². The molecule has 0 aliphatic heterocycles. The molecular weight excluding hydrogens is 581 g/mol. The number of nitrogens with zero attached hydrogens (tertiary/aromatic N) is 2. The molecule has 16 heteroatoms. The lowest BCUT2D eigenvalue weighted by molar-refractivity contribution is -0.134. The summed E-state index contributed by atoms with van der Waals surface area (Å²) in [6.07, 6.45) is -3.14. The Balaban J connectivity index is 0.000000242. The quantitative estimate of drug-likeness (QED) is 0.328. The van der Waals surface area contributed by atoms with Crippen LogP contribution in [0.15, 0.2) is 23.1 Å². The third-order valence-corrected chi connectivity index (χ3v) is 9.15. The second kappa shape index (κ2) is 12.1. The first kappa shape index (κ1) is 30.6. The van der Waals surface area contributed by atoms with Crippen LogP contribution in [0.3, 0.4) is 0 Å². The van der Waals surface area contributed by atoms with E-state index in [0.29, 0.717) is 18.2 Å². The number of aromatic nitrogens is 2. The predicted octanol–water partition coefficient (Wildman–Crippen LogP) is 4.76. The van der Waals surface area contributed by atoms with Crippen LogP contribution in [0.5, 0.6) is 11.5 Å². The molecule has 0 spiro atoms. The summed E-state index contributed by atoms with van der Waals surface area (Å²) < 4.78 is 74.8. The van der Waals surface area contributed by atoms with Gasteiger partial charge >= 0.3 is 12.1 Å². The molecule has 1 aliphatic carbocycles. The lowest BCUT2D eigenvalue weighted by Gasteiger charge is -2.12. The van der Waals surface area contributed by atoms with Crippen LogP contribution in [0.25, 0.3) is 0 Å². The second-order valence-corrected chi connectivity index (χ2v) is 12.4. The number of sulfonamides is 1. The second-order valence-electron chi connectivity index (χ2n) is 8.69. The highest BCUT2D eigenvalue weighted by Gasteiger charge is 2.35. The van der Waals surface area contributed by atoms with Crippen LogP contribution in [0.4, 0.5) is 18.3 Å². The molecule has 39 heavy (non-hydrogen) atoms. The van der Waals surface area contributed by atoms with Crippen molar-refractivity contribution in [2.45, 2.75) is 56.6 Å². The van der Waals surface area contributed by atoms with Gasteiger partial charge in [-0.2, -0.15) is 13.2 Å². The van der Waals surface area contributed by atoms with E-state index in [1.54, 1.807) is 19.1 Å². The highest BCUT2D eigenvalue weighted by atomic mass is 32.2. The van der Waals surface area contributed by atoms with Gasteiger partial charge in [-0.3, -0.25) is 4.72 Å². The fourth-order valence-electron chi connectivity index (χ4n) is 3.64. The van der Waals surface area contributed by atoms with Gasteiger partial charge < -0.3 is 20.3 Å². The molecule has 214 valence electrons. The minimum atomic E-state index is -4.54. The molecule has 0 saturated carbocycles. The van der Waals surface area contributed by atoms with Crippen molar-refractivity contribution in [3.8, 4) is 11.5 Å². The number of aromatic carboxylic acids is 1. The zero-order valence-corrected chi connectivity index (χ0v) is 23.8. The highest BCUT2D eigenvalue weighted by Crippen LogP contribution is 2.40. The number of ether oxygens (including phenoxy) is 2. The van der Waals surface area contributed by atoms with Crippen molar-refractivity contribution in [2.24, 2.45) is 5.73 Å². The molecule has 2 aromatic heterocycles. The summed E-state index contributed by atoms with van der Waals surface area (Å²) in [6.45, 7) is 5.64. The molecule has 0 saturated heterocycles. The molecular formula is C23H27F3N4O6S3. The molecule has 1 atom stereocenters. The summed E-state index contributed by atoms with van der Waals surface area (Å²) >= 11 is 1.39. The number of thiophene rings is 1. The average Bonchev–Trinajstić information content (AvgIpc) is 3.55. The average molecular weight is 609 g/mol. The first-order valence-electron chi connectivity index (χ1n) is 11.5. The van der Waals surface area contributed by atoms with Gasteiger partial charge in [0.05, 0.1) is 13.7 Å². The van der Waals surface area contributed by atoms with Crippen LogP contribution >= 0.6 is 22.7 Å². The van der Waals surface area contributed by atoms with Crippen LogP contribution in [0, 0.1) is 0 Å². The first-order valence-corrected chi connectivity index (χ1v) is 14.7. The van der Waals surface area contributed by atoms with Crippen molar-refractivity contribution in [3.63, 3.8) is 0 Å². The number of rotatable bonds is 8. The largest absolute Gasteiger partial charge is 0.495 e. The molecule has 4 rings (SSSR count). The Bertz CT molecular complexity index is 1440. The van der Waals surface area contributed by atoms with Gasteiger partial charge in [-0.25, -0.2) is 13.2 Å². The van der Waals surface area contributed by atoms with Crippen molar-refractivity contribution in [1.29, 1.82) is 0 Å². The number of nitrogens with two attached hydrogens (primary N) is 1. The summed E-state index contributed by atoms with van der Waals surface area (Å²) in [7, 11) is -2.36. The minimum absolute atomic E-state index is 0.0207. The Morgan fingerprint density at radius 1 is 1.18 bits per heavy atom. The van der Waals surface area contributed by atoms with E-state index in [-0.39, 0.29) is 45.7 Å². The third kappa shape index (κ3) is 7.38. The molecule has 0 fully saturated rings. The van der Waals surface area contributed by atoms with Crippen molar-refractivity contribution >= 4 is 43.8 Å². The van der Waals surface area contributed by atoms with Gasteiger partial charge in [0.25, 0.3) is 10.0 Å². The maximum atomic E-state index is 12.8. The van der Waals surface area contributed by atoms with Crippen LogP contribution in [0.1, 0.15) is 57.4 Å². The monoisotopic (exact) mass is 608 g/mol. The van der Waals surface area contributed by atoms with E-state index in [0.717, 1.165) is 22.6 Å². The molecule has 0 radical (unpaired) electrons. The van der Waals surface area contributed by atoms with E-state index in [1.165, 1.54) is 18.4 Å². The number of carboxylic acids is 1. The van der Waals surface area contributed by atoms with Gasteiger partial charge in [0.2, 0.25) is 5.13 Å². The Kier molecular flexibility index (Phi) is 9.46. The van der Waals surface area contributed by atoms with Crippen LogP contribution < -0.4 is 19.9 Å². The van der Waals surface area contributed by atoms with Crippen LogP contribution in [-0.2, 0) is 29.0 Å². The zero-order valence-electron chi connectivity index (χ0n) is 21.3. The van der Waals surface area contributed by atoms with E-state index >= 15 is 0 Å². The number of hydrogen-bond donors (Lipinski definition) is 3. The van der Waals surface area contributed by atoms with E-state index in [1.807, 2.05) is 13.8 Å². The number of carboxylic acid groups (broad SMARTS) is 1. The van der Waals surface area contributed by atoms with Gasteiger partial charge in [0, 0.05) is 18.0 Å². The number of hydrogen-bond acceptors (Lipinski definition) is 10. The van der Waals surface area contributed by atoms with E-state index in [2.05, 4.69) is 14.9 Å². The van der Waals surface area contributed by atoms with Gasteiger partial charge in [-0.1, -0.05) is 25.2 Å². The molecule has 0 amide bonds. The topological polar surface area (TPSA) is 154 Å². The lowest BCUT2D eigenvalue weighted by Crippen LogP contribution is -2.19. The zero-order chi connectivity index (χ0) is 29.1. The number of anilines is 1. The van der Waals surface area contributed by atoms with E-state index in [4.69, 9.17) is 20.3 Å². The van der Waals surface area contributed by atoms with E-state index in [9.17, 15) is 26.4 Å². The summed E-state index contributed by atoms with van der Waals surface area (Å²) in [5, 5.41) is 17.6. The Morgan fingerprint density at radius 2 is 1.82 bits per heavy atom. The van der Waals surface area contributed by atoms with E-state index < -0.39 is 31.9 Å². The number of nitrogens with one attached hydrogen (secondary N) is 1. The molecule has 1 aliphatic rings. The standard InChI is InChI=1S/C15H20N4O3S2.C8H7F3O3S/c1-8(2)14-17-18-15(23-14)19-24(20,21)13-7-10-5-11(16)4-9(10)6-12(13)22-3;1-2-14-4-3-5(8(9,10)11)15-6(4)7(12)13/h6-8,11H,4-5,16H2,1-3H3,(H,18,19);3H,2H2,1H3,(H,12,13). The van der Waals surface area contributed by atoms with Crippen molar-refractivity contribution in [2.75, 3.05) is 18.4 Å². The smallest absolute Gasteiger partial charge is 0.425 e. The Labute approximate surface area is 231 Å². The number of carbonyl (C=O) groups is 1. The number of benzene rings is 1. The van der Waals surface area contributed by atoms with Gasteiger partial charge in [-0.15, -0.1) is 21.5 Å². The number of halogens is 3. The molecule has 10 nitrogen and oxygen atoms in total. The Morgan fingerprint density at radius 3 is 2.33 bits per heavy atom. The van der Waals surface area contributed by atoms with Gasteiger partial charge in [0.15, 0.2) is 4.88 Å². The Hall–Kier alpha value is -2.95. The SMILES string of the molecule is CCOc1cc(C(F)(F)F)sc1C(=O)O.COc1cc2c(cc1S(=O)(=O)Nc1nnc(C(C)C)s1)CC(N)C2. The summed E-state index contributed by atoms with van der Waals surface area (Å²) in [6, 6.07) is 4.13. The maximum Gasteiger partial charge on any atom is 0.425 e. The predicted molar refractivity (Wildman–Crippen MR) is 141 cm³/mol. The van der Waals surface area contributed by atoms with Crippen LogP contribution in [-0.4, -0.2) is 49.4 Å². The highest BCUT2D eigenvalue weighted by molar-refractivity contribution is 7.93. The lowest BCUT2D eigenvalue weighted by atomic mass is 10.1. The summed E-state index contributed by atoms with van der Waals surface area (Å²) in [4.78, 5) is 9.30. The van der Waals surface area contributed by atoms with Crippen molar-refractivity contribution in [3.05, 3.63) is 44.1 Å². The summed E-state index contributed by atoms with van der Waals surface area (Å²) in [5.41, 5.74) is 7.95. The summed E-state index contributed by atoms with van der Waals surface area (Å²) in [5.74, 6) is -1.15. The minimum Gasteiger partial charge on any atom is -0.495 e. The van der Waals surface area contributed by atoms with Crippen molar-refractivity contribution < 1.29 is 41.0 Å². The van der Waals surface area contributed by atoms with Crippen molar-refractivity contribution in [1.82, 2.24) is 10.2 Å². The number of methoxy groups -OCH3 is 1. The van der Waals surface area contributed by atoms with Gasteiger partial charge in [-0.05, 0) is 43.0 Å². The maximum absolute atomic E-state index is 12.8. The molecule has 4 N–H and O–H groups in total. The molecule has 3 aromatic rings. The third-order valence-electron chi connectivity index (χ3n) is 5.37. The molecule has 2 heterocycles. The molecule has 1 unspecified atom stereocenters. The fourth-order valence-corrected chi connectivity index (χ4v) is 6.62. The number of fused-ring (bicyclic) bond motifs is 1.